The Morgan fingerprint density at radius 3 is 2.90 bits per heavy atom. The van der Waals surface area contributed by atoms with E-state index < -0.39 is 0 Å². The lowest BCUT2D eigenvalue weighted by Gasteiger charge is -2.56. The number of Topliss-reactive ketones (excluding diaryl/α,β-unsaturated/α-hetero) is 1. The summed E-state index contributed by atoms with van der Waals surface area (Å²) >= 11 is 0. The summed E-state index contributed by atoms with van der Waals surface area (Å²) in [5.74, 6) is 2.59. The Kier molecular flexibility index (Phi) is 2.63. The van der Waals surface area contributed by atoms with Gasteiger partial charge in [0.2, 0.25) is 0 Å². The van der Waals surface area contributed by atoms with Crippen LogP contribution in [0.3, 0.4) is 0 Å². The number of rotatable bonds is 0. The zero-order valence-corrected chi connectivity index (χ0v) is 12.8. The second kappa shape index (κ2) is 4.08. The van der Waals surface area contributed by atoms with Crippen LogP contribution in [0, 0.1) is 28.6 Å². The van der Waals surface area contributed by atoms with Crippen molar-refractivity contribution in [3.8, 4) is 0 Å². The zero-order chi connectivity index (χ0) is 14.0. The maximum absolute atomic E-state index is 12.7. The maximum Gasteiger partial charge on any atom is 0.159 e. The molecule has 0 spiro atoms. The Morgan fingerprint density at radius 1 is 1.20 bits per heavy atom. The van der Waals surface area contributed by atoms with Crippen LogP contribution in [-0.2, 0) is 4.79 Å². The van der Waals surface area contributed by atoms with Crippen LogP contribution in [0.1, 0.15) is 58.8 Å². The fourth-order valence-corrected chi connectivity index (χ4v) is 6.07. The van der Waals surface area contributed by atoms with Gasteiger partial charge in [-0.1, -0.05) is 32.1 Å². The van der Waals surface area contributed by atoms with Gasteiger partial charge in [0.15, 0.2) is 5.78 Å². The summed E-state index contributed by atoms with van der Waals surface area (Å²) in [6, 6.07) is 0. The van der Waals surface area contributed by atoms with E-state index in [0.717, 1.165) is 24.7 Å². The molecule has 0 saturated heterocycles. The van der Waals surface area contributed by atoms with Gasteiger partial charge >= 0.3 is 0 Å². The quantitative estimate of drug-likeness (QED) is 0.584. The van der Waals surface area contributed by atoms with Crippen molar-refractivity contribution in [2.75, 3.05) is 0 Å². The lowest BCUT2D eigenvalue weighted by Crippen LogP contribution is -2.51. The van der Waals surface area contributed by atoms with Crippen LogP contribution in [0.2, 0.25) is 0 Å². The van der Waals surface area contributed by atoms with E-state index >= 15 is 0 Å². The number of ketones is 1. The molecule has 4 rings (SSSR count). The van der Waals surface area contributed by atoms with Crippen molar-refractivity contribution < 1.29 is 4.79 Å². The first-order valence-corrected chi connectivity index (χ1v) is 8.46. The molecule has 1 heteroatoms. The second-order valence-electron chi connectivity index (χ2n) is 8.11. The molecule has 0 aromatic heterocycles. The first-order valence-electron chi connectivity index (χ1n) is 8.46. The summed E-state index contributed by atoms with van der Waals surface area (Å²) in [5, 5.41) is 0. The van der Waals surface area contributed by atoms with Gasteiger partial charge in [-0.25, -0.2) is 0 Å². The standard InChI is InChI=1S/C19H26O/c1-18-9-5-7-14(18)13-12-17(20)16-6-3-4-10-19(16,2)15(13)8-11-18/h5-6,9,13-15H,3-4,7-8,10-12H2,1-2H3/t13?,14?,15?,18-,19+/m0/s1. The average Bonchev–Trinajstić information content (AvgIpc) is 2.81. The Bertz CT molecular complexity index is 514. The predicted molar refractivity (Wildman–Crippen MR) is 81.2 cm³/mol. The number of fused-ring (bicyclic) bond motifs is 5. The summed E-state index contributed by atoms with van der Waals surface area (Å²) < 4.78 is 0. The van der Waals surface area contributed by atoms with E-state index in [1.165, 1.54) is 37.7 Å². The number of carbonyl (C=O) groups is 1. The zero-order valence-electron chi connectivity index (χ0n) is 12.8. The summed E-state index contributed by atoms with van der Waals surface area (Å²) in [6.45, 7) is 4.83. The third-order valence-electron chi connectivity index (χ3n) is 7.17. The second-order valence-corrected chi connectivity index (χ2v) is 8.11. The molecule has 0 radical (unpaired) electrons. The lowest BCUT2D eigenvalue weighted by molar-refractivity contribution is -0.127. The highest BCUT2D eigenvalue weighted by Gasteiger charge is 2.56. The van der Waals surface area contributed by atoms with Crippen LogP contribution in [-0.4, -0.2) is 5.78 Å². The van der Waals surface area contributed by atoms with Crippen LogP contribution in [0.25, 0.3) is 0 Å². The molecular formula is C19H26O. The van der Waals surface area contributed by atoms with Crippen LogP contribution in [0.4, 0.5) is 0 Å². The van der Waals surface area contributed by atoms with Crippen molar-refractivity contribution in [2.24, 2.45) is 28.6 Å². The summed E-state index contributed by atoms with van der Waals surface area (Å²) in [6.07, 6.45) is 15.4. The van der Waals surface area contributed by atoms with E-state index in [9.17, 15) is 4.79 Å². The van der Waals surface area contributed by atoms with Crippen molar-refractivity contribution in [1.82, 2.24) is 0 Å². The van der Waals surface area contributed by atoms with E-state index in [-0.39, 0.29) is 5.41 Å². The van der Waals surface area contributed by atoms with Gasteiger partial charge in [0.1, 0.15) is 0 Å². The summed E-state index contributed by atoms with van der Waals surface area (Å²) in [5.41, 5.74) is 1.79. The SMILES string of the molecule is C[C@@]12C=CCC1C1CC(=O)C3=CCCC[C@]3(C)C1CC2. The van der Waals surface area contributed by atoms with Crippen molar-refractivity contribution in [3.63, 3.8) is 0 Å². The van der Waals surface area contributed by atoms with E-state index in [1.807, 2.05) is 0 Å². The molecule has 0 amide bonds. The molecule has 0 aromatic carbocycles. The molecule has 0 N–H and O–H groups in total. The summed E-state index contributed by atoms with van der Waals surface area (Å²) in [7, 11) is 0. The van der Waals surface area contributed by atoms with Gasteiger partial charge in [-0.3, -0.25) is 4.79 Å². The molecule has 108 valence electrons. The fourth-order valence-electron chi connectivity index (χ4n) is 6.07. The largest absolute Gasteiger partial charge is 0.295 e. The topological polar surface area (TPSA) is 17.1 Å². The highest BCUT2D eigenvalue weighted by Crippen LogP contribution is 2.63. The Balaban J connectivity index is 1.75. The molecule has 20 heavy (non-hydrogen) atoms. The average molecular weight is 270 g/mol. The van der Waals surface area contributed by atoms with Crippen LogP contribution >= 0.6 is 0 Å². The third kappa shape index (κ3) is 1.53. The normalized spacial score (nSPS) is 50.2. The Hall–Kier alpha value is -0.850. The van der Waals surface area contributed by atoms with Gasteiger partial charge in [-0.05, 0) is 72.7 Å². The van der Waals surface area contributed by atoms with Gasteiger partial charge in [-0.2, -0.15) is 0 Å². The molecule has 1 nitrogen and oxygen atoms in total. The molecule has 0 heterocycles. The van der Waals surface area contributed by atoms with Crippen molar-refractivity contribution in [1.29, 1.82) is 0 Å². The van der Waals surface area contributed by atoms with Crippen molar-refractivity contribution in [3.05, 3.63) is 23.8 Å². The predicted octanol–water partition coefficient (Wildman–Crippen LogP) is 4.68. The highest BCUT2D eigenvalue weighted by molar-refractivity contribution is 5.98. The first-order chi connectivity index (χ1) is 9.55. The number of hydrogen-bond donors (Lipinski definition) is 0. The fraction of sp³-hybridized carbons (Fsp3) is 0.737. The van der Waals surface area contributed by atoms with Gasteiger partial charge in [0, 0.05) is 6.42 Å². The molecule has 5 atom stereocenters. The van der Waals surface area contributed by atoms with E-state index in [0.29, 0.717) is 17.1 Å². The molecule has 0 bridgehead atoms. The molecule has 3 unspecified atom stereocenters. The third-order valence-corrected chi connectivity index (χ3v) is 7.17. The summed E-state index contributed by atoms with van der Waals surface area (Å²) in [4.78, 5) is 12.7. The molecular weight excluding hydrogens is 244 g/mol. The minimum Gasteiger partial charge on any atom is -0.295 e. The minimum absolute atomic E-state index is 0.197. The van der Waals surface area contributed by atoms with E-state index in [1.54, 1.807) is 0 Å². The maximum atomic E-state index is 12.7. The van der Waals surface area contributed by atoms with Crippen LogP contribution < -0.4 is 0 Å². The van der Waals surface area contributed by atoms with E-state index in [4.69, 9.17) is 0 Å². The first kappa shape index (κ1) is 12.9. The Morgan fingerprint density at radius 2 is 2.05 bits per heavy atom. The molecule has 0 aromatic rings. The lowest BCUT2D eigenvalue weighted by atomic mass is 9.47. The van der Waals surface area contributed by atoms with Crippen molar-refractivity contribution in [2.45, 2.75) is 58.8 Å². The van der Waals surface area contributed by atoms with E-state index in [2.05, 4.69) is 32.1 Å². The molecule has 4 aliphatic carbocycles. The smallest absolute Gasteiger partial charge is 0.159 e. The van der Waals surface area contributed by atoms with Gasteiger partial charge in [-0.15, -0.1) is 0 Å². The number of carbonyl (C=O) groups excluding carboxylic acids is 1. The monoisotopic (exact) mass is 270 g/mol. The highest BCUT2D eigenvalue weighted by atomic mass is 16.1. The van der Waals surface area contributed by atoms with Gasteiger partial charge in [0.05, 0.1) is 0 Å². The number of hydrogen-bond acceptors (Lipinski definition) is 1. The number of allylic oxidation sites excluding steroid dienone is 4. The molecule has 0 aliphatic heterocycles. The van der Waals surface area contributed by atoms with Crippen LogP contribution in [0.15, 0.2) is 23.8 Å². The molecule has 2 fully saturated rings. The Labute approximate surface area is 122 Å². The molecule has 2 saturated carbocycles. The van der Waals surface area contributed by atoms with Gasteiger partial charge < -0.3 is 0 Å². The van der Waals surface area contributed by atoms with Crippen molar-refractivity contribution >= 4 is 5.78 Å². The minimum atomic E-state index is 0.197. The van der Waals surface area contributed by atoms with Gasteiger partial charge in [0.25, 0.3) is 0 Å². The molecule has 4 aliphatic rings. The van der Waals surface area contributed by atoms with Crippen LogP contribution in [0.5, 0.6) is 0 Å².